The van der Waals surface area contributed by atoms with Crippen molar-refractivity contribution in [1.29, 1.82) is 0 Å². The molecule has 1 aromatic carbocycles. The van der Waals surface area contributed by atoms with Crippen molar-refractivity contribution in [2.24, 2.45) is 0 Å². The van der Waals surface area contributed by atoms with Gasteiger partial charge in [-0.3, -0.25) is 4.79 Å². The first kappa shape index (κ1) is 14.4. The van der Waals surface area contributed by atoms with E-state index in [1.807, 2.05) is 0 Å². The SMILES string of the molecule is CCCNCc1cc(F)ccc1OCC(=O)NC. The molecule has 1 aromatic rings. The van der Waals surface area contributed by atoms with E-state index in [2.05, 4.69) is 17.6 Å². The molecule has 1 amide bonds. The van der Waals surface area contributed by atoms with Crippen molar-refractivity contribution < 1.29 is 13.9 Å². The molecule has 100 valence electrons. The van der Waals surface area contributed by atoms with Gasteiger partial charge in [0, 0.05) is 19.2 Å². The molecule has 0 aromatic heterocycles. The van der Waals surface area contributed by atoms with Crippen LogP contribution in [0.15, 0.2) is 18.2 Å². The van der Waals surface area contributed by atoms with Gasteiger partial charge in [0.15, 0.2) is 6.61 Å². The van der Waals surface area contributed by atoms with Crippen molar-refractivity contribution in [2.75, 3.05) is 20.2 Å². The Morgan fingerprint density at radius 3 is 2.89 bits per heavy atom. The van der Waals surface area contributed by atoms with Crippen LogP contribution < -0.4 is 15.4 Å². The van der Waals surface area contributed by atoms with Crippen molar-refractivity contribution in [2.45, 2.75) is 19.9 Å². The van der Waals surface area contributed by atoms with Crippen molar-refractivity contribution in [3.63, 3.8) is 0 Å². The zero-order valence-electron chi connectivity index (χ0n) is 10.8. The normalized spacial score (nSPS) is 10.2. The summed E-state index contributed by atoms with van der Waals surface area (Å²) in [4.78, 5) is 11.1. The monoisotopic (exact) mass is 254 g/mol. The predicted molar refractivity (Wildman–Crippen MR) is 68.0 cm³/mol. The molecular formula is C13H19FN2O2. The summed E-state index contributed by atoms with van der Waals surface area (Å²) in [6.45, 7) is 3.37. The summed E-state index contributed by atoms with van der Waals surface area (Å²) >= 11 is 0. The molecule has 18 heavy (non-hydrogen) atoms. The van der Waals surface area contributed by atoms with E-state index in [0.29, 0.717) is 17.9 Å². The highest BCUT2D eigenvalue weighted by molar-refractivity contribution is 5.77. The molecule has 2 N–H and O–H groups in total. The number of hydrogen-bond acceptors (Lipinski definition) is 3. The highest BCUT2D eigenvalue weighted by Crippen LogP contribution is 2.19. The van der Waals surface area contributed by atoms with E-state index in [1.165, 1.54) is 12.1 Å². The number of hydrogen-bond donors (Lipinski definition) is 2. The van der Waals surface area contributed by atoms with Crippen LogP contribution in [0.4, 0.5) is 4.39 Å². The lowest BCUT2D eigenvalue weighted by Crippen LogP contribution is -2.25. The summed E-state index contributed by atoms with van der Waals surface area (Å²) in [5.74, 6) is 0.00554. The molecule has 0 saturated heterocycles. The van der Waals surface area contributed by atoms with Crippen LogP contribution in [0.25, 0.3) is 0 Å². The maximum absolute atomic E-state index is 13.2. The number of amides is 1. The first-order valence-electron chi connectivity index (χ1n) is 6.00. The molecule has 0 spiro atoms. The summed E-state index contributed by atoms with van der Waals surface area (Å²) in [6, 6.07) is 4.28. The van der Waals surface area contributed by atoms with Gasteiger partial charge in [0.05, 0.1) is 0 Å². The summed E-state index contributed by atoms with van der Waals surface area (Å²) in [5.41, 5.74) is 0.715. The second-order valence-corrected chi connectivity index (χ2v) is 3.89. The van der Waals surface area contributed by atoms with E-state index < -0.39 is 0 Å². The molecule has 0 fully saturated rings. The molecule has 0 atom stereocenters. The zero-order chi connectivity index (χ0) is 13.4. The predicted octanol–water partition coefficient (Wildman–Crippen LogP) is 1.45. The van der Waals surface area contributed by atoms with Gasteiger partial charge in [0.25, 0.3) is 5.91 Å². The fourth-order valence-corrected chi connectivity index (χ4v) is 1.44. The second-order valence-electron chi connectivity index (χ2n) is 3.89. The number of benzene rings is 1. The van der Waals surface area contributed by atoms with E-state index >= 15 is 0 Å². The van der Waals surface area contributed by atoms with Gasteiger partial charge in [0.1, 0.15) is 11.6 Å². The van der Waals surface area contributed by atoms with Crippen LogP contribution in [0, 0.1) is 5.82 Å². The topological polar surface area (TPSA) is 50.4 Å². The molecule has 0 aliphatic heterocycles. The molecule has 0 heterocycles. The third-order valence-electron chi connectivity index (χ3n) is 2.40. The third kappa shape index (κ3) is 4.71. The smallest absolute Gasteiger partial charge is 0.257 e. The Labute approximate surface area is 107 Å². The molecule has 0 radical (unpaired) electrons. The molecule has 0 aliphatic rings. The van der Waals surface area contributed by atoms with Crippen LogP contribution in [-0.4, -0.2) is 26.1 Å². The Morgan fingerprint density at radius 1 is 1.44 bits per heavy atom. The Morgan fingerprint density at radius 2 is 2.22 bits per heavy atom. The fourth-order valence-electron chi connectivity index (χ4n) is 1.44. The van der Waals surface area contributed by atoms with Gasteiger partial charge in [0.2, 0.25) is 0 Å². The zero-order valence-corrected chi connectivity index (χ0v) is 10.8. The van der Waals surface area contributed by atoms with Crippen LogP contribution in [0.2, 0.25) is 0 Å². The highest BCUT2D eigenvalue weighted by Gasteiger charge is 2.07. The van der Waals surface area contributed by atoms with Crippen molar-refractivity contribution in [1.82, 2.24) is 10.6 Å². The lowest BCUT2D eigenvalue weighted by Gasteiger charge is -2.11. The van der Waals surface area contributed by atoms with Crippen LogP contribution >= 0.6 is 0 Å². The standard InChI is InChI=1S/C13H19FN2O2/c1-3-6-16-8-10-7-11(14)4-5-12(10)18-9-13(17)15-2/h4-5,7,16H,3,6,8-9H2,1-2H3,(H,15,17). The molecule has 0 aliphatic carbocycles. The number of rotatable bonds is 7. The minimum atomic E-state index is -0.310. The molecule has 0 saturated carbocycles. The minimum absolute atomic E-state index is 0.0666. The van der Waals surface area contributed by atoms with Gasteiger partial charge in [-0.15, -0.1) is 0 Å². The summed E-state index contributed by atoms with van der Waals surface area (Å²) < 4.78 is 18.5. The fraction of sp³-hybridized carbons (Fsp3) is 0.462. The molecule has 0 bridgehead atoms. The lowest BCUT2D eigenvalue weighted by molar-refractivity contribution is -0.122. The average Bonchev–Trinajstić information content (AvgIpc) is 2.37. The molecule has 5 heteroatoms. The Kier molecular flexibility index (Phi) is 6.14. The van der Waals surface area contributed by atoms with Crippen molar-refractivity contribution in [3.8, 4) is 5.75 Å². The van der Waals surface area contributed by atoms with Gasteiger partial charge in [-0.25, -0.2) is 4.39 Å². The van der Waals surface area contributed by atoms with Gasteiger partial charge in [-0.05, 0) is 31.2 Å². The molecule has 4 nitrogen and oxygen atoms in total. The van der Waals surface area contributed by atoms with Gasteiger partial charge in [-0.1, -0.05) is 6.92 Å². The van der Waals surface area contributed by atoms with E-state index in [1.54, 1.807) is 13.1 Å². The Bertz CT molecular complexity index is 397. The number of halogens is 1. The second kappa shape index (κ2) is 7.66. The van der Waals surface area contributed by atoms with Crippen molar-refractivity contribution in [3.05, 3.63) is 29.6 Å². The maximum Gasteiger partial charge on any atom is 0.257 e. The number of nitrogens with one attached hydrogen (secondary N) is 2. The first-order chi connectivity index (χ1) is 8.67. The molecular weight excluding hydrogens is 235 g/mol. The van der Waals surface area contributed by atoms with E-state index in [9.17, 15) is 9.18 Å². The van der Waals surface area contributed by atoms with E-state index in [4.69, 9.17) is 4.74 Å². The van der Waals surface area contributed by atoms with Crippen LogP contribution in [0.3, 0.4) is 0 Å². The van der Waals surface area contributed by atoms with Crippen LogP contribution in [0.1, 0.15) is 18.9 Å². The quantitative estimate of drug-likeness (QED) is 0.724. The highest BCUT2D eigenvalue weighted by atomic mass is 19.1. The molecule has 0 unspecified atom stereocenters. The Balaban J connectivity index is 2.66. The Hall–Kier alpha value is -1.62. The lowest BCUT2D eigenvalue weighted by atomic mass is 10.2. The third-order valence-corrected chi connectivity index (χ3v) is 2.40. The number of carbonyl (C=O) groups excluding carboxylic acids is 1. The van der Waals surface area contributed by atoms with Crippen molar-refractivity contribution >= 4 is 5.91 Å². The van der Waals surface area contributed by atoms with Gasteiger partial charge in [-0.2, -0.15) is 0 Å². The van der Waals surface area contributed by atoms with E-state index in [0.717, 1.165) is 13.0 Å². The minimum Gasteiger partial charge on any atom is -0.483 e. The summed E-state index contributed by atoms with van der Waals surface area (Å²) in [5, 5.41) is 5.64. The first-order valence-corrected chi connectivity index (χ1v) is 6.00. The average molecular weight is 254 g/mol. The van der Waals surface area contributed by atoms with E-state index in [-0.39, 0.29) is 18.3 Å². The van der Waals surface area contributed by atoms with Gasteiger partial charge >= 0.3 is 0 Å². The van der Waals surface area contributed by atoms with Crippen LogP contribution in [0.5, 0.6) is 5.75 Å². The molecule has 1 rings (SSSR count). The van der Waals surface area contributed by atoms with Crippen LogP contribution in [-0.2, 0) is 11.3 Å². The van der Waals surface area contributed by atoms with Gasteiger partial charge < -0.3 is 15.4 Å². The largest absolute Gasteiger partial charge is 0.483 e. The number of likely N-dealkylation sites (N-methyl/N-ethyl adjacent to an activating group) is 1. The maximum atomic E-state index is 13.2. The summed E-state index contributed by atoms with van der Waals surface area (Å²) in [6.07, 6.45) is 1.00. The number of ether oxygens (including phenoxy) is 1. The number of carbonyl (C=O) groups is 1. The summed E-state index contributed by atoms with van der Waals surface area (Å²) in [7, 11) is 1.54.